The normalized spacial score (nSPS) is 12.1. The lowest BCUT2D eigenvalue weighted by atomic mass is 10.1. The summed E-state index contributed by atoms with van der Waals surface area (Å²) in [6.45, 7) is 2.46. The van der Waals surface area contributed by atoms with Crippen LogP contribution >= 0.6 is 11.6 Å². The molecular formula is C15H15ClN2O2. The summed E-state index contributed by atoms with van der Waals surface area (Å²) in [6, 6.07) is 14.4. The van der Waals surface area contributed by atoms with Gasteiger partial charge in [0.05, 0.1) is 4.92 Å². The lowest BCUT2D eigenvalue weighted by Crippen LogP contribution is -2.18. The van der Waals surface area contributed by atoms with Crippen molar-refractivity contribution in [2.75, 3.05) is 0 Å². The molecule has 0 saturated carbocycles. The highest BCUT2D eigenvalue weighted by Crippen LogP contribution is 2.20. The Kier molecular flexibility index (Phi) is 4.71. The van der Waals surface area contributed by atoms with Crippen molar-refractivity contribution in [1.82, 2.24) is 5.32 Å². The van der Waals surface area contributed by atoms with Gasteiger partial charge in [-0.15, -0.1) is 0 Å². The Morgan fingerprint density at radius 3 is 2.50 bits per heavy atom. The Balaban J connectivity index is 2.05. The molecule has 0 fully saturated rings. The van der Waals surface area contributed by atoms with E-state index in [0.29, 0.717) is 17.1 Å². The summed E-state index contributed by atoms with van der Waals surface area (Å²) in [5, 5.41) is 14.9. The minimum atomic E-state index is -0.357. The van der Waals surface area contributed by atoms with E-state index >= 15 is 0 Å². The molecule has 0 radical (unpaired) electrons. The maximum absolute atomic E-state index is 10.9. The molecule has 2 rings (SSSR count). The van der Waals surface area contributed by atoms with Gasteiger partial charge in [-0.25, -0.2) is 0 Å². The number of para-hydroxylation sites is 1. The lowest BCUT2D eigenvalue weighted by molar-refractivity contribution is -0.385. The molecule has 2 aromatic rings. The Morgan fingerprint density at radius 1 is 1.20 bits per heavy atom. The Bertz CT molecular complexity index is 599. The third-order valence-electron chi connectivity index (χ3n) is 3.16. The van der Waals surface area contributed by atoms with Crippen molar-refractivity contribution in [2.45, 2.75) is 19.5 Å². The van der Waals surface area contributed by atoms with Crippen LogP contribution in [-0.4, -0.2) is 4.92 Å². The Hall–Kier alpha value is -1.91. The van der Waals surface area contributed by atoms with Gasteiger partial charge in [-0.2, -0.15) is 0 Å². The SMILES string of the molecule is CC(NCc1ccccc1[N+](=O)[O-])c1ccc(Cl)cc1. The molecule has 0 spiro atoms. The fraction of sp³-hybridized carbons (Fsp3) is 0.200. The first kappa shape index (κ1) is 14.5. The van der Waals surface area contributed by atoms with E-state index < -0.39 is 0 Å². The third kappa shape index (κ3) is 3.56. The van der Waals surface area contributed by atoms with Gasteiger partial charge >= 0.3 is 0 Å². The lowest BCUT2D eigenvalue weighted by Gasteiger charge is -2.14. The monoisotopic (exact) mass is 290 g/mol. The predicted octanol–water partition coefficient (Wildman–Crippen LogP) is 4.10. The second kappa shape index (κ2) is 6.50. The molecule has 2 aromatic carbocycles. The first-order chi connectivity index (χ1) is 9.58. The van der Waals surface area contributed by atoms with Crippen LogP contribution in [0, 0.1) is 10.1 Å². The number of hydrogen-bond donors (Lipinski definition) is 1. The minimum Gasteiger partial charge on any atom is -0.306 e. The third-order valence-corrected chi connectivity index (χ3v) is 3.41. The molecule has 5 heteroatoms. The molecule has 1 N–H and O–H groups in total. The van der Waals surface area contributed by atoms with Crippen LogP contribution in [0.5, 0.6) is 0 Å². The minimum absolute atomic E-state index is 0.0899. The van der Waals surface area contributed by atoms with Gasteiger partial charge < -0.3 is 5.32 Å². The molecule has 0 saturated heterocycles. The topological polar surface area (TPSA) is 55.2 Å². The molecule has 20 heavy (non-hydrogen) atoms. The Morgan fingerprint density at radius 2 is 1.85 bits per heavy atom. The van der Waals surface area contributed by atoms with E-state index in [2.05, 4.69) is 5.32 Å². The fourth-order valence-electron chi connectivity index (χ4n) is 1.97. The van der Waals surface area contributed by atoms with Gasteiger partial charge in [-0.3, -0.25) is 10.1 Å². The van der Waals surface area contributed by atoms with Crippen molar-refractivity contribution in [3.8, 4) is 0 Å². The van der Waals surface area contributed by atoms with Crippen molar-refractivity contribution < 1.29 is 4.92 Å². The highest BCUT2D eigenvalue weighted by molar-refractivity contribution is 6.30. The van der Waals surface area contributed by atoms with Gasteiger partial charge in [-0.05, 0) is 24.6 Å². The predicted molar refractivity (Wildman–Crippen MR) is 79.8 cm³/mol. The summed E-state index contributed by atoms with van der Waals surface area (Å²) in [5.41, 5.74) is 1.91. The number of hydrogen-bond acceptors (Lipinski definition) is 3. The average molecular weight is 291 g/mol. The highest BCUT2D eigenvalue weighted by atomic mass is 35.5. The Labute approximate surface area is 122 Å². The van der Waals surface area contributed by atoms with E-state index in [9.17, 15) is 10.1 Å². The van der Waals surface area contributed by atoms with Crippen LogP contribution in [0.1, 0.15) is 24.1 Å². The molecule has 0 aromatic heterocycles. The quantitative estimate of drug-likeness (QED) is 0.666. The van der Waals surface area contributed by atoms with Gasteiger partial charge in [0.15, 0.2) is 0 Å². The van der Waals surface area contributed by atoms with E-state index in [1.165, 1.54) is 6.07 Å². The van der Waals surface area contributed by atoms with Crippen LogP contribution in [0.3, 0.4) is 0 Å². The molecule has 0 aliphatic carbocycles. The van der Waals surface area contributed by atoms with Crippen molar-refractivity contribution in [3.63, 3.8) is 0 Å². The average Bonchev–Trinajstić information content (AvgIpc) is 2.45. The molecule has 1 atom stereocenters. The zero-order chi connectivity index (χ0) is 14.5. The summed E-state index contributed by atoms with van der Waals surface area (Å²) in [6.07, 6.45) is 0. The van der Waals surface area contributed by atoms with Crippen molar-refractivity contribution in [2.24, 2.45) is 0 Å². The zero-order valence-corrected chi connectivity index (χ0v) is 11.8. The molecule has 0 aliphatic rings. The second-order valence-corrected chi connectivity index (χ2v) is 4.98. The molecule has 0 amide bonds. The standard InChI is InChI=1S/C15H15ClN2O2/c1-11(12-6-8-14(16)9-7-12)17-10-13-4-2-3-5-15(13)18(19)20/h2-9,11,17H,10H2,1H3. The summed E-state index contributed by atoms with van der Waals surface area (Å²) in [7, 11) is 0. The smallest absolute Gasteiger partial charge is 0.273 e. The summed E-state index contributed by atoms with van der Waals surface area (Å²) in [4.78, 5) is 10.6. The summed E-state index contributed by atoms with van der Waals surface area (Å²) < 4.78 is 0. The molecule has 0 bridgehead atoms. The number of nitro groups is 1. The van der Waals surface area contributed by atoms with Gasteiger partial charge in [0, 0.05) is 29.2 Å². The van der Waals surface area contributed by atoms with Crippen molar-refractivity contribution >= 4 is 17.3 Å². The van der Waals surface area contributed by atoms with E-state index in [-0.39, 0.29) is 16.7 Å². The number of nitrogens with one attached hydrogen (secondary N) is 1. The molecule has 0 heterocycles. The van der Waals surface area contributed by atoms with Crippen LogP contribution in [0.2, 0.25) is 5.02 Å². The van der Waals surface area contributed by atoms with Crippen LogP contribution in [0.25, 0.3) is 0 Å². The summed E-state index contributed by atoms with van der Waals surface area (Å²) >= 11 is 5.85. The number of halogens is 1. The van der Waals surface area contributed by atoms with Crippen molar-refractivity contribution in [3.05, 3.63) is 74.8 Å². The van der Waals surface area contributed by atoms with Gasteiger partial charge in [0.2, 0.25) is 0 Å². The van der Waals surface area contributed by atoms with Crippen molar-refractivity contribution in [1.29, 1.82) is 0 Å². The van der Waals surface area contributed by atoms with Gasteiger partial charge in [0.25, 0.3) is 5.69 Å². The number of nitro benzene ring substituents is 1. The number of rotatable bonds is 5. The first-order valence-electron chi connectivity index (χ1n) is 6.29. The first-order valence-corrected chi connectivity index (χ1v) is 6.67. The summed E-state index contributed by atoms with van der Waals surface area (Å²) in [5.74, 6) is 0. The van der Waals surface area contributed by atoms with Gasteiger partial charge in [-0.1, -0.05) is 41.9 Å². The number of benzene rings is 2. The van der Waals surface area contributed by atoms with E-state index in [0.717, 1.165) is 5.56 Å². The maximum Gasteiger partial charge on any atom is 0.273 e. The molecular weight excluding hydrogens is 276 g/mol. The van der Waals surface area contributed by atoms with Crippen LogP contribution in [0.4, 0.5) is 5.69 Å². The van der Waals surface area contributed by atoms with Crippen LogP contribution < -0.4 is 5.32 Å². The number of nitrogens with zero attached hydrogens (tertiary/aromatic N) is 1. The second-order valence-electron chi connectivity index (χ2n) is 4.54. The van der Waals surface area contributed by atoms with E-state index in [1.54, 1.807) is 18.2 Å². The largest absolute Gasteiger partial charge is 0.306 e. The van der Waals surface area contributed by atoms with Crippen LogP contribution in [0.15, 0.2) is 48.5 Å². The molecule has 4 nitrogen and oxygen atoms in total. The van der Waals surface area contributed by atoms with Crippen LogP contribution in [-0.2, 0) is 6.54 Å². The molecule has 1 unspecified atom stereocenters. The maximum atomic E-state index is 10.9. The van der Waals surface area contributed by atoms with Gasteiger partial charge in [0.1, 0.15) is 0 Å². The van der Waals surface area contributed by atoms with E-state index in [1.807, 2.05) is 31.2 Å². The fourth-order valence-corrected chi connectivity index (χ4v) is 2.10. The van der Waals surface area contributed by atoms with E-state index in [4.69, 9.17) is 11.6 Å². The molecule has 0 aliphatic heterocycles. The molecule has 104 valence electrons. The zero-order valence-electron chi connectivity index (χ0n) is 11.0. The highest BCUT2D eigenvalue weighted by Gasteiger charge is 2.13.